The number of nitrogens with one attached hydrogen (secondary N) is 2. The summed E-state index contributed by atoms with van der Waals surface area (Å²) in [5.41, 5.74) is 12.5. The van der Waals surface area contributed by atoms with Crippen LogP contribution in [0.2, 0.25) is 0 Å². The number of nitrogens with zero attached hydrogens (tertiary/aromatic N) is 2. The molecule has 4 N–H and O–H groups in total. The summed E-state index contributed by atoms with van der Waals surface area (Å²) >= 11 is 0. The highest BCUT2D eigenvalue weighted by Crippen LogP contribution is 2.39. The van der Waals surface area contributed by atoms with Crippen molar-refractivity contribution < 1.29 is 9.53 Å². The highest BCUT2D eigenvalue weighted by Gasteiger charge is 2.36. The molecule has 0 aliphatic carbocycles. The molecule has 168 valence electrons. The molecule has 1 atom stereocenters. The van der Waals surface area contributed by atoms with Gasteiger partial charge in [-0.25, -0.2) is 0 Å². The van der Waals surface area contributed by atoms with Crippen molar-refractivity contribution in [2.45, 2.75) is 12.8 Å². The van der Waals surface area contributed by atoms with Crippen LogP contribution in [0.15, 0.2) is 113 Å². The maximum Gasteiger partial charge on any atom is 0.256 e. The smallest absolute Gasteiger partial charge is 0.256 e. The van der Waals surface area contributed by atoms with Crippen molar-refractivity contribution in [2.75, 3.05) is 10.7 Å². The van der Waals surface area contributed by atoms with E-state index in [0.29, 0.717) is 5.69 Å². The monoisotopic (exact) mass is 449 g/mol. The molecule has 0 spiro atoms. The van der Waals surface area contributed by atoms with Gasteiger partial charge in [0.25, 0.3) is 5.91 Å². The first-order valence-electron chi connectivity index (χ1n) is 10.7. The molecule has 3 aromatic rings. The number of benzene rings is 3. The van der Waals surface area contributed by atoms with E-state index in [-0.39, 0.29) is 22.8 Å². The third-order valence-corrected chi connectivity index (χ3v) is 5.37. The zero-order valence-corrected chi connectivity index (χ0v) is 18.5. The first kappa shape index (κ1) is 22.4. The number of anilines is 2. The number of carbonyl (C=O) groups is 1. The minimum atomic E-state index is -0.720. The van der Waals surface area contributed by atoms with Crippen molar-refractivity contribution in [2.24, 2.45) is 10.8 Å². The van der Waals surface area contributed by atoms with Crippen molar-refractivity contribution in [3.8, 4) is 6.07 Å². The second-order valence-electron chi connectivity index (χ2n) is 7.62. The minimum absolute atomic E-state index is 0.0649. The molecule has 0 saturated carbocycles. The van der Waals surface area contributed by atoms with Crippen molar-refractivity contribution in [1.82, 2.24) is 0 Å². The van der Waals surface area contributed by atoms with Crippen LogP contribution >= 0.6 is 0 Å². The maximum atomic E-state index is 13.6. The topological polar surface area (TPSA) is 113 Å². The van der Waals surface area contributed by atoms with Crippen LogP contribution in [-0.2, 0) is 9.53 Å². The number of ether oxygens (including phenoxy) is 1. The van der Waals surface area contributed by atoms with Crippen LogP contribution in [-0.4, -0.2) is 12.1 Å². The molecule has 4 rings (SSSR count). The molecule has 34 heavy (non-hydrogen) atoms. The van der Waals surface area contributed by atoms with Gasteiger partial charge in [-0.3, -0.25) is 10.2 Å². The van der Waals surface area contributed by atoms with E-state index >= 15 is 0 Å². The van der Waals surface area contributed by atoms with Crippen molar-refractivity contribution in [3.63, 3.8) is 0 Å². The van der Waals surface area contributed by atoms with Crippen LogP contribution in [0.25, 0.3) is 0 Å². The van der Waals surface area contributed by atoms with Crippen LogP contribution in [0.4, 0.5) is 11.4 Å². The molecule has 0 radical (unpaired) electrons. The number of allylic oxidation sites excluding steroid dienone is 2. The van der Waals surface area contributed by atoms with Gasteiger partial charge in [-0.15, -0.1) is 0 Å². The molecule has 1 aliphatic heterocycles. The lowest BCUT2D eigenvalue weighted by molar-refractivity contribution is -0.113. The third-order valence-electron chi connectivity index (χ3n) is 5.37. The SMILES string of the molecule is Cc1ccccc1NC(=O)C1=C(/C=N/Nc2ccccc2)OC(N)=C(C#N)C1c1ccccc1. The highest BCUT2D eigenvalue weighted by atomic mass is 16.5. The molecule has 0 saturated heterocycles. The van der Waals surface area contributed by atoms with Gasteiger partial charge in [0.15, 0.2) is 5.76 Å². The van der Waals surface area contributed by atoms with Crippen LogP contribution in [0.3, 0.4) is 0 Å². The Morgan fingerprint density at radius 1 is 1.03 bits per heavy atom. The lowest BCUT2D eigenvalue weighted by atomic mass is 9.82. The largest absolute Gasteiger partial charge is 0.438 e. The second kappa shape index (κ2) is 10.2. The van der Waals surface area contributed by atoms with E-state index in [1.54, 1.807) is 0 Å². The fraction of sp³-hybridized carbons (Fsp3) is 0.0741. The molecule has 1 heterocycles. The van der Waals surface area contributed by atoms with Gasteiger partial charge in [0.2, 0.25) is 5.88 Å². The molecular formula is C27H23N5O2. The molecule has 0 bridgehead atoms. The molecule has 3 aromatic carbocycles. The van der Waals surface area contributed by atoms with Crippen LogP contribution in [0.5, 0.6) is 0 Å². The molecule has 7 nitrogen and oxygen atoms in total. The predicted molar refractivity (Wildman–Crippen MR) is 132 cm³/mol. The van der Waals surface area contributed by atoms with Gasteiger partial charge in [-0.05, 0) is 36.2 Å². The fourth-order valence-corrected chi connectivity index (χ4v) is 3.68. The third kappa shape index (κ3) is 4.81. The number of aryl methyl sites for hydroxylation is 1. The van der Waals surface area contributed by atoms with Crippen LogP contribution in [0, 0.1) is 18.3 Å². The average molecular weight is 450 g/mol. The van der Waals surface area contributed by atoms with Crippen LogP contribution in [0.1, 0.15) is 17.0 Å². The summed E-state index contributed by atoms with van der Waals surface area (Å²) < 4.78 is 5.75. The predicted octanol–water partition coefficient (Wildman–Crippen LogP) is 4.79. The van der Waals surface area contributed by atoms with E-state index in [1.165, 1.54) is 6.21 Å². The number of nitrogens with two attached hydrogens (primary N) is 1. The van der Waals surface area contributed by atoms with E-state index in [0.717, 1.165) is 16.8 Å². The molecule has 1 amide bonds. The van der Waals surface area contributed by atoms with Crippen molar-refractivity contribution in [3.05, 3.63) is 119 Å². The highest BCUT2D eigenvalue weighted by molar-refractivity contribution is 6.09. The van der Waals surface area contributed by atoms with Gasteiger partial charge in [-0.2, -0.15) is 10.4 Å². The Morgan fingerprint density at radius 3 is 2.35 bits per heavy atom. The number of hydrazone groups is 1. The molecule has 0 aromatic heterocycles. The number of hydrogen-bond donors (Lipinski definition) is 3. The van der Waals surface area contributed by atoms with E-state index in [1.807, 2.05) is 91.9 Å². The normalized spacial score (nSPS) is 15.6. The van der Waals surface area contributed by atoms with Gasteiger partial charge >= 0.3 is 0 Å². The Balaban J connectivity index is 1.79. The van der Waals surface area contributed by atoms with Gasteiger partial charge in [0.1, 0.15) is 11.6 Å². The Labute approximate surface area is 197 Å². The van der Waals surface area contributed by atoms with Gasteiger partial charge < -0.3 is 15.8 Å². The number of rotatable bonds is 6. The molecule has 0 fully saturated rings. The molecular weight excluding hydrogens is 426 g/mol. The first-order valence-corrected chi connectivity index (χ1v) is 10.7. The number of carbonyl (C=O) groups excluding carboxylic acids is 1. The number of para-hydroxylation sites is 2. The number of nitriles is 1. The summed E-state index contributed by atoms with van der Waals surface area (Å²) in [4.78, 5) is 13.6. The zero-order valence-electron chi connectivity index (χ0n) is 18.5. The van der Waals surface area contributed by atoms with Crippen molar-refractivity contribution >= 4 is 23.5 Å². The zero-order chi connectivity index (χ0) is 23.9. The van der Waals surface area contributed by atoms with Crippen molar-refractivity contribution in [1.29, 1.82) is 5.26 Å². The Morgan fingerprint density at radius 2 is 1.68 bits per heavy atom. The number of amides is 1. The summed E-state index contributed by atoms with van der Waals surface area (Å²) in [5, 5.41) is 17.1. The lowest BCUT2D eigenvalue weighted by Crippen LogP contribution is -2.29. The second-order valence-corrected chi connectivity index (χ2v) is 7.62. The molecule has 1 aliphatic rings. The average Bonchev–Trinajstić information content (AvgIpc) is 2.86. The van der Waals surface area contributed by atoms with Gasteiger partial charge in [0, 0.05) is 5.69 Å². The summed E-state index contributed by atoms with van der Waals surface area (Å²) in [6, 6.07) is 28.2. The van der Waals surface area contributed by atoms with E-state index < -0.39 is 11.8 Å². The standard InChI is InChI=1S/C27H23N5O2/c1-18-10-8-9-15-22(18)31-27(33)25-23(17-30-32-20-13-6-3-7-14-20)34-26(29)21(16-28)24(25)19-11-4-2-5-12-19/h2-15,17,24,32H,29H2,1H3,(H,31,33)/b30-17+. The van der Waals surface area contributed by atoms with Gasteiger partial charge in [0.05, 0.1) is 23.4 Å². The molecule has 7 heteroatoms. The molecule has 1 unspecified atom stereocenters. The maximum absolute atomic E-state index is 13.6. The van der Waals surface area contributed by atoms with E-state index in [9.17, 15) is 10.1 Å². The summed E-state index contributed by atoms with van der Waals surface area (Å²) in [5.74, 6) is -1.04. The summed E-state index contributed by atoms with van der Waals surface area (Å²) in [7, 11) is 0. The minimum Gasteiger partial charge on any atom is -0.438 e. The number of hydrogen-bond acceptors (Lipinski definition) is 6. The summed E-state index contributed by atoms with van der Waals surface area (Å²) in [6.45, 7) is 1.90. The fourth-order valence-electron chi connectivity index (χ4n) is 3.68. The quantitative estimate of drug-likeness (QED) is 0.370. The lowest BCUT2D eigenvalue weighted by Gasteiger charge is -2.27. The Kier molecular flexibility index (Phi) is 6.70. The van der Waals surface area contributed by atoms with Crippen LogP contribution < -0.4 is 16.5 Å². The van der Waals surface area contributed by atoms with E-state index in [2.05, 4.69) is 21.9 Å². The Hall–Kier alpha value is -4.83. The Bertz CT molecular complexity index is 1320. The van der Waals surface area contributed by atoms with E-state index in [4.69, 9.17) is 10.5 Å². The summed E-state index contributed by atoms with van der Waals surface area (Å²) in [6.07, 6.45) is 1.40. The van der Waals surface area contributed by atoms with Gasteiger partial charge in [-0.1, -0.05) is 66.7 Å². The first-order chi connectivity index (χ1) is 16.6.